The smallest absolute Gasteiger partial charge is 0.241 e. The van der Waals surface area contributed by atoms with E-state index in [2.05, 4.69) is 4.90 Å². The summed E-state index contributed by atoms with van der Waals surface area (Å²) < 4.78 is 25.3. The molecule has 3 heterocycles. The lowest BCUT2D eigenvalue weighted by Gasteiger charge is -2.49. The van der Waals surface area contributed by atoms with Crippen LogP contribution in [0.15, 0.2) is 72.3 Å². The Balaban J connectivity index is 1.21. The lowest BCUT2D eigenvalue weighted by atomic mass is 9.51. The van der Waals surface area contributed by atoms with E-state index < -0.39 is 52.6 Å². The minimum atomic E-state index is -1.35. The van der Waals surface area contributed by atoms with E-state index in [4.69, 9.17) is 21.1 Å². The first-order valence-corrected chi connectivity index (χ1v) is 17.1. The van der Waals surface area contributed by atoms with Crippen LogP contribution in [0.25, 0.3) is 0 Å². The van der Waals surface area contributed by atoms with E-state index in [-0.39, 0.29) is 41.1 Å². The Morgan fingerprint density at radius 3 is 2.28 bits per heavy atom. The predicted molar refractivity (Wildman–Crippen MR) is 183 cm³/mol. The maximum absolute atomic E-state index is 14.6. The average molecular weight is 700 g/mol. The number of imide groups is 2. The standard InChI is InChI=1S/C38H35ClFN3O7/c1-38-28(35(46)43(37(38)48)22-7-12-30(40)29(39)17-22)19-27-24(33(38)25-9-8-23(44)18-31(25)49-2)10-11-26-32(27)36(47)42(34(26)45)21-5-3-20(4-6-21)41-13-15-50-16-14-41/h3-10,12,17-18,26-28,32-33,44H,11,13-16,19H2,1-2H3/t26-,27+,28-,32-,33+,38+/m0/s1. The van der Waals surface area contributed by atoms with Crippen molar-refractivity contribution < 1.29 is 38.1 Å². The maximum atomic E-state index is 14.6. The quantitative estimate of drug-likeness (QED) is 0.276. The van der Waals surface area contributed by atoms with E-state index in [1.165, 1.54) is 36.3 Å². The second-order valence-electron chi connectivity index (χ2n) is 13.8. The van der Waals surface area contributed by atoms with Crippen molar-refractivity contribution in [1.29, 1.82) is 0 Å². The van der Waals surface area contributed by atoms with Crippen LogP contribution in [0.4, 0.5) is 21.5 Å². The highest BCUT2D eigenvalue weighted by atomic mass is 35.5. The number of methoxy groups -OCH3 is 1. The first kappa shape index (κ1) is 32.5. The van der Waals surface area contributed by atoms with E-state index in [1.807, 2.05) is 18.2 Å². The lowest BCUT2D eigenvalue weighted by molar-refractivity contribution is -0.131. The minimum Gasteiger partial charge on any atom is -0.508 e. The molecule has 4 amide bonds. The van der Waals surface area contributed by atoms with E-state index >= 15 is 0 Å². The highest BCUT2D eigenvalue weighted by molar-refractivity contribution is 6.32. The number of carbonyl (C=O) groups is 4. The second kappa shape index (κ2) is 11.9. The van der Waals surface area contributed by atoms with Crippen molar-refractivity contribution in [2.45, 2.75) is 25.7 Å². The van der Waals surface area contributed by atoms with Crippen LogP contribution in [0.2, 0.25) is 5.02 Å². The topological polar surface area (TPSA) is 117 Å². The van der Waals surface area contributed by atoms with E-state index in [0.29, 0.717) is 30.2 Å². The first-order valence-electron chi connectivity index (χ1n) is 16.8. The Hall–Kier alpha value is -4.74. The van der Waals surface area contributed by atoms with Gasteiger partial charge in [0.2, 0.25) is 23.6 Å². The molecule has 8 rings (SSSR count). The number of phenols is 1. The van der Waals surface area contributed by atoms with E-state index in [9.17, 15) is 28.7 Å². The Morgan fingerprint density at radius 1 is 0.880 bits per heavy atom. The third kappa shape index (κ3) is 4.70. The number of anilines is 3. The van der Waals surface area contributed by atoms with Crippen molar-refractivity contribution in [3.8, 4) is 11.5 Å². The summed E-state index contributed by atoms with van der Waals surface area (Å²) in [6, 6.07) is 15.7. The number of allylic oxidation sites excluding steroid dienone is 2. The third-order valence-corrected chi connectivity index (χ3v) is 11.7. The lowest BCUT2D eigenvalue weighted by Crippen LogP contribution is -2.49. The summed E-state index contributed by atoms with van der Waals surface area (Å²) in [6.07, 6.45) is 2.38. The molecule has 3 aromatic carbocycles. The van der Waals surface area contributed by atoms with Crippen molar-refractivity contribution in [3.05, 3.63) is 88.7 Å². The van der Waals surface area contributed by atoms with Crippen LogP contribution in [0.1, 0.15) is 31.2 Å². The molecule has 0 bridgehead atoms. The van der Waals surface area contributed by atoms with Gasteiger partial charge in [-0.15, -0.1) is 0 Å². The van der Waals surface area contributed by atoms with Gasteiger partial charge in [-0.05, 0) is 74.2 Å². The number of aromatic hydroxyl groups is 1. The molecule has 3 saturated heterocycles. The van der Waals surface area contributed by atoms with Crippen molar-refractivity contribution in [2.75, 3.05) is 48.1 Å². The minimum absolute atomic E-state index is 0.0411. The van der Waals surface area contributed by atoms with Gasteiger partial charge in [-0.25, -0.2) is 9.29 Å². The predicted octanol–water partition coefficient (Wildman–Crippen LogP) is 5.47. The van der Waals surface area contributed by atoms with Crippen LogP contribution in [-0.4, -0.2) is 62.1 Å². The Bertz CT molecular complexity index is 1980. The number of hydrogen-bond donors (Lipinski definition) is 1. The molecular weight excluding hydrogens is 665 g/mol. The Labute approximate surface area is 293 Å². The molecule has 4 fully saturated rings. The molecule has 5 aliphatic rings. The van der Waals surface area contributed by atoms with Crippen LogP contribution in [0.3, 0.4) is 0 Å². The van der Waals surface area contributed by atoms with Crippen LogP contribution in [-0.2, 0) is 23.9 Å². The third-order valence-electron chi connectivity index (χ3n) is 11.4. The zero-order valence-electron chi connectivity index (χ0n) is 27.5. The number of halogens is 2. The maximum Gasteiger partial charge on any atom is 0.241 e. The summed E-state index contributed by atoms with van der Waals surface area (Å²) in [5.74, 6) is -5.60. The molecular formula is C38H35ClFN3O7. The summed E-state index contributed by atoms with van der Waals surface area (Å²) >= 11 is 6.10. The number of rotatable bonds is 5. The number of hydrogen-bond acceptors (Lipinski definition) is 8. The van der Waals surface area contributed by atoms with Gasteiger partial charge in [0.1, 0.15) is 17.3 Å². The van der Waals surface area contributed by atoms with Gasteiger partial charge in [0.25, 0.3) is 0 Å². The van der Waals surface area contributed by atoms with Crippen LogP contribution < -0.4 is 19.4 Å². The van der Waals surface area contributed by atoms with Crippen molar-refractivity contribution in [1.82, 2.24) is 0 Å². The van der Waals surface area contributed by atoms with Gasteiger partial charge < -0.3 is 19.5 Å². The van der Waals surface area contributed by atoms with Gasteiger partial charge in [-0.3, -0.25) is 24.1 Å². The largest absolute Gasteiger partial charge is 0.508 e. The molecule has 0 radical (unpaired) electrons. The second-order valence-corrected chi connectivity index (χ2v) is 14.2. The van der Waals surface area contributed by atoms with E-state index in [1.54, 1.807) is 25.1 Å². The number of nitrogens with zero attached hydrogens (tertiary/aromatic N) is 3. The monoisotopic (exact) mass is 699 g/mol. The number of morpholine rings is 1. The zero-order chi connectivity index (χ0) is 35.1. The van der Waals surface area contributed by atoms with Gasteiger partial charge in [0, 0.05) is 36.3 Å². The normalized spacial score (nSPS) is 29.2. The van der Waals surface area contributed by atoms with Gasteiger partial charge in [0.15, 0.2) is 0 Å². The van der Waals surface area contributed by atoms with Crippen molar-refractivity contribution >= 4 is 52.3 Å². The number of carbonyl (C=O) groups excluding carboxylic acids is 4. The summed E-state index contributed by atoms with van der Waals surface area (Å²) in [4.78, 5) is 62.0. The summed E-state index contributed by atoms with van der Waals surface area (Å²) in [5, 5.41) is 10.1. The number of ether oxygens (including phenoxy) is 2. The molecule has 3 aliphatic heterocycles. The molecule has 1 saturated carbocycles. The number of benzene rings is 3. The SMILES string of the molecule is COc1cc(O)ccc1[C@H]1C2=CC[C@@H]3C(=O)N(c4ccc(N5CCOCC5)cc4)C(=O)[C@@H]3[C@@H]2C[C@H]2C(=O)N(c3ccc(F)c(Cl)c3)C(=O)[C@@]12C. The number of fused-ring (bicyclic) bond motifs is 4. The molecule has 3 aromatic rings. The van der Waals surface area contributed by atoms with Crippen LogP contribution in [0.5, 0.6) is 11.5 Å². The summed E-state index contributed by atoms with van der Waals surface area (Å²) in [6.45, 7) is 4.51. The highest BCUT2D eigenvalue weighted by Gasteiger charge is 2.68. The molecule has 50 heavy (non-hydrogen) atoms. The van der Waals surface area contributed by atoms with Gasteiger partial charge in [-0.1, -0.05) is 29.3 Å². The Kier molecular flexibility index (Phi) is 7.76. The van der Waals surface area contributed by atoms with Gasteiger partial charge >= 0.3 is 0 Å². The fraction of sp³-hybridized carbons (Fsp3) is 0.368. The molecule has 12 heteroatoms. The first-order chi connectivity index (χ1) is 24.0. The molecule has 10 nitrogen and oxygen atoms in total. The molecule has 6 atom stereocenters. The van der Waals surface area contributed by atoms with Gasteiger partial charge in [-0.2, -0.15) is 0 Å². The van der Waals surface area contributed by atoms with E-state index in [0.717, 1.165) is 35.3 Å². The van der Waals surface area contributed by atoms with Crippen LogP contribution >= 0.6 is 11.6 Å². The van der Waals surface area contributed by atoms with Crippen molar-refractivity contribution in [2.24, 2.45) is 29.1 Å². The summed E-state index contributed by atoms with van der Waals surface area (Å²) in [7, 11) is 1.46. The number of amides is 4. The number of phenolic OH excluding ortho intramolecular Hbond substituents is 1. The molecule has 0 aromatic heterocycles. The van der Waals surface area contributed by atoms with Crippen molar-refractivity contribution in [3.63, 3.8) is 0 Å². The molecule has 1 N–H and O–H groups in total. The molecule has 0 unspecified atom stereocenters. The van der Waals surface area contributed by atoms with Gasteiger partial charge in [0.05, 0.1) is 59.9 Å². The molecule has 2 aliphatic carbocycles. The fourth-order valence-electron chi connectivity index (χ4n) is 9.06. The fourth-order valence-corrected chi connectivity index (χ4v) is 9.23. The average Bonchev–Trinajstić information content (AvgIpc) is 3.49. The zero-order valence-corrected chi connectivity index (χ0v) is 28.2. The summed E-state index contributed by atoms with van der Waals surface area (Å²) in [5.41, 5.74) is 1.60. The molecule has 258 valence electrons. The Morgan fingerprint density at radius 2 is 1.58 bits per heavy atom. The van der Waals surface area contributed by atoms with Crippen LogP contribution in [0, 0.1) is 34.9 Å². The molecule has 0 spiro atoms. The highest BCUT2D eigenvalue weighted by Crippen LogP contribution is 2.64.